The van der Waals surface area contributed by atoms with Crippen LogP contribution in [0.1, 0.15) is 33.1 Å². The van der Waals surface area contributed by atoms with Crippen molar-refractivity contribution in [2.75, 3.05) is 25.0 Å². The van der Waals surface area contributed by atoms with E-state index in [1.54, 1.807) is 4.90 Å². The Hall–Kier alpha value is -3.02. The average molecular weight is 411 g/mol. The summed E-state index contributed by atoms with van der Waals surface area (Å²) in [6, 6.07) is 16.8. The highest BCUT2D eigenvalue weighted by Crippen LogP contribution is 2.21. The number of rotatable bonds is 8. The molecule has 1 heterocycles. The van der Waals surface area contributed by atoms with E-state index in [4.69, 9.17) is 9.47 Å². The van der Waals surface area contributed by atoms with Crippen LogP contribution >= 0.6 is 0 Å². The number of hydrogen-bond acceptors (Lipinski definition) is 4. The zero-order valence-corrected chi connectivity index (χ0v) is 17.7. The van der Waals surface area contributed by atoms with Crippen LogP contribution < -0.4 is 14.8 Å². The van der Waals surface area contributed by atoms with E-state index in [-0.39, 0.29) is 23.8 Å². The van der Waals surface area contributed by atoms with Gasteiger partial charge in [-0.3, -0.25) is 9.59 Å². The second-order valence-electron chi connectivity index (χ2n) is 7.77. The molecule has 1 aliphatic heterocycles. The molecule has 1 unspecified atom stereocenters. The summed E-state index contributed by atoms with van der Waals surface area (Å²) in [5.41, 5.74) is 0.732. The number of para-hydroxylation sites is 1. The van der Waals surface area contributed by atoms with Gasteiger partial charge in [0.25, 0.3) is 0 Å². The third kappa shape index (κ3) is 6.51. The second-order valence-corrected chi connectivity index (χ2v) is 7.77. The third-order valence-electron chi connectivity index (χ3n) is 4.97. The topological polar surface area (TPSA) is 67.9 Å². The van der Waals surface area contributed by atoms with Gasteiger partial charge in [0.2, 0.25) is 11.8 Å². The van der Waals surface area contributed by atoms with E-state index in [1.807, 2.05) is 68.4 Å². The molecular formula is C24H30N2O4. The van der Waals surface area contributed by atoms with Crippen LogP contribution in [0.3, 0.4) is 0 Å². The van der Waals surface area contributed by atoms with Crippen molar-refractivity contribution in [3.05, 3.63) is 54.6 Å². The lowest BCUT2D eigenvalue weighted by atomic mass is 9.96. The van der Waals surface area contributed by atoms with Gasteiger partial charge in [-0.25, -0.2) is 0 Å². The molecule has 1 saturated heterocycles. The first-order valence-corrected chi connectivity index (χ1v) is 10.5. The molecule has 6 nitrogen and oxygen atoms in total. The minimum atomic E-state index is -0.204. The molecule has 30 heavy (non-hydrogen) atoms. The van der Waals surface area contributed by atoms with Crippen molar-refractivity contribution < 1.29 is 19.1 Å². The number of carbonyl (C=O) groups is 2. The van der Waals surface area contributed by atoms with Gasteiger partial charge in [0.05, 0.1) is 25.0 Å². The van der Waals surface area contributed by atoms with Crippen LogP contribution in [0, 0.1) is 5.92 Å². The molecule has 0 bridgehead atoms. The van der Waals surface area contributed by atoms with Gasteiger partial charge >= 0.3 is 0 Å². The fraction of sp³-hybridized carbons (Fsp3) is 0.417. The first-order valence-electron chi connectivity index (χ1n) is 10.5. The number of nitrogens with one attached hydrogen (secondary N) is 1. The van der Waals surface area contributed by atoms with Crippen molar-refractivity contribution in [1.82, 2.24) is 4.90 Å². The minimum Gasteiger partial charge on any atom is -0.493 e. The Morgan fingerprint density at radius 1 is 1.07 bits per heavy atom. The molecular weight excluding hydrogens is 380 g/mol. The zero-order chi connectivity index (χ0) is 21.3. The van der Waals surface area contributed by atoms with Gasteiger partial charge in [0.15, 0.2) is 0 Å². The standard InChI is InChI=1S/C24H30N2O4/c1-18(2)30-22-12-10-20(11-13-22)25-24(28)19-7-6-15-26(17-19)23(27)14-16-29-21-8-4-3-5-9-21/h3-5,8-13,18-19H,6-7,14-17H2,1-2H3,(H,25,28). The second kappa shape index (κ2) is 10.7. The van der Waals surface area contributed by atoms with Crippen molar-refractivity contribution >= 4 is 17.5 Å². The number of carbonyl (C=O) groups excluding carboxylic acids is 2. The maximum atomic E-state index is 12.7. The molecule has 1 aliphatic rings. The van der Waals surface area contributed by atoms with E-state index in [2.05, 4.69) is 5.32 Å². The van der Waals surface area contributed by atoms with E-state index in [9.17, 15) is 9.59 Å². The van der Waals surface area contributed by atoms with E-state index < -0.39 is 0 Å². The predicted molar refractivity (Wildman–Crippen MR) is 117 cm³/mol. The molecule has 0 aromatic heterocycles. The highest BCUT2D eigenvalue weighted by molar-refractivity contribution is 5.93. The van der Waals surface area contributed by atoms with Gasteiger partial charge in [0, 0.05) is 18.8 Å². The maximum absolute atomic E-state index is 12.7. The van der Waals surface area contributed by atoms with Crippen LogP contribution in [0.25, 0.3) is 0 Å². The molecule has 2 aromatic rings. The van der Waals surface area contributed by atoms with Gasteiger partial charge in [-0.2, -0.15) is 0 Å². The Labute approximate surface area is 178 Å². The monoisotopic (exact) mass is 410 g/mol. The molecule has 160 valence electrons. The molecule has 1 atom stereocenters. The predicted octanol–water partition coefficient (Wildman–Crippen LogP) is 4.12. The lowest BCUT2D eigenvalue weighted by molar-refractivity contribution is -0.135. The number of piperidine rings is 1. The van der Waals surface area contributed by atoms with E-state index in [0.717, 1.165) is 30.0 Å². The number of likely N-dealkylation sites (tertiary alicyclic amines) is 1. The quantitative estimate of drug-likeness (QED) is 0.711. The van der Waals surface area contributed by atoms with Crippen molar-refractivity contribution in [1.29, 1.82) is 0 Å². The summed E-state index contributed by atoms with van der Waals surface area (Å²) < 4.78 is 11.2. The van der Waals surface area contributed by atoms with Crippen LogP contribution in [0.2, 0.25) is 0 Å². The lowest BCUT2D eigenvalue weighted by Gasteiger charge is -2.32. The molecule has 1 N–H and O–H groups in total. The van der Waals surface area contributed by atoms with Gasteiger partial charge in [-0.05, 0) is 63.1 Å². The minimum absolute atomic E-state index is 0.0265. The number of anilines is 1. The summed E-state index contributed by atoms with van der Waals surface area (Å²) in [6.07, 6.45) is 2.02. The van der Waals surface area contributed by atoms with Crippen molar-refractivity contribution in [2.45, 2.75) is 39.2 Å². The lowest BCUT2D eigenvalue weighted by Crippen LogP contribution is -2.44. The fourth-order valence-electron chi connectivity index (χ4n) is 3.48. The summed E-state index contributed by atoms with van der Waals surface area (Å²) in [6.45, 7) is 5.42. The van der Waals surface area contributed by atoms with Crippen LogP contribution in [0.15, 0.2) is 54.6 Å². The fourth-order valence-corrected chi connectivity index (χ4v) is 3.48. The van der Waals surface area contributed by atoms with Crippen molar-refractivity contribution in [3.8, 4) is 11.5 Å². The molecule has 3 rings (SSSR count). The van der Waals surface area contributed by atoms with Gasteiger partial charge in [-0.15, -0.1) is 0 Å². The van der Waals surface area contributed by atoms with Gasteiger partial charge < -0.3 is 19.7 Å². The number of nitrogens with zero attached hydrogens (tertiary/aromatic N) is 1. The number of hydrogen-bond donors (Lipinski definition) is 1. The highest BCUT2D eigenvalue weighted by atomic mass is 16.5. The Morgan fingerprint density at radius 2 is 1.80 bits per heavy atom. The third-order valence-corrected chi connectivity index (χ3v) is 4.97. The summed E-state index contributed by atoms with van der Waals surface area (Å²) in [5, 5.41) is 2.96. The largest absolute Gasteiger partial charge is 0.493 e. The van der Waals surface area contributed by atoms with Crippen LogP contribution in [0.5, 0.6) is 11.5 Å². The summed E-state index contributed by atoms with van der Waals surface area (Å²) in [7, 11) is 0. The normalized spacial score (nSPS) is 16.2. The first-order chi connectivity index (χ1) is 14.5. The maximum Gasteiger partial charge on any atom is 0.229 e. The van der Waals surface area contributed by atoms with Crippen LogP contribution in [-0.2, 0) is 9.59 Å². The summed E-state index contributed by atoms with van der Waals surface area (Å²) in [4.78, 5) is 27.0. The molecule has 2 aromatic carbocycles. The smallest absolute Gasteiger partial charge is 0.229 e. The summed E-state index contributed by atoms with van der Waals surface area (Å²) >= 11 is 0. The van der Waals surface area contributed by atoms with Gasteiger partial charge in [0.1, 0.15) is 11.5 Å². The first kappa shape index (κ1) is 21.7. The summed E-state index contributed by atoms with van der Waals surface area (Å²) in [5.74, 6) is 1.30. The van der Waals surface area contributed by atoms with Crippen LogP contribution in [-0.4, -0.2) is 42.5 Å². The number of benzene rings is 2. The van der Waals surface area contributed by atoms with Gasteiger partial charge in [-0.1, -0.05) is 18.2 Å². The average Bonchev–Trinajstić information content (AvgIpc) is 2.75. The molecule has 6 heteroatoms. The van der Waals surface area contributed by atoms with E-state index in [1.165, 1.54) is 0 Å². The Kier molecular flexibility index (Phi) is 7.71. The zero-order valence-electron chi connectivity index (χ0n) is 17.7. The molecule has 0 saturated carbocycles. The molecule has 1 fully saturated rings. The highest BCUT2D eigenvalue weighted by Gasteiger charge is 2.28. The Balaban J connectivity index is 1.46. The molecule has 2 amide bonds. The number of amides is 2. The molecule has 0 spiro atoms. The van der Waals surface area contributed by atoms with Crippen LogP contribution in [0.4, 0.5) is 5.69 Å². The Bertz CT molecular complexity index is 821. The SMILES string of the molecule is CC(C)Oc1ccc(NC(=O)C2CCCN(C(=O)CCOc3ccccc3)C2)cc1. The number of ether oxygens (including phenoxy) is 2. The van der Waals surface area contributed by atoms with Crippen molar-refractivity contribution in [3.63, 3.8) is 0 Å². The van der Waals surface area contributed by atoms with Crippen molar-refractivity contribution in [2.24, 2.45) is 5.92 Å². The van der Waals surface area contributed by atoms with E-state index in [0.29, 0.717) is 26.1 Å². The molecule has 0 radical (unpaired) electrons. The Morgan fingerprint density at radius 3 is 2.50 bits per heavy atom. The van der Waals surface area contributed by atoms with E-state index >= 15 is 0 Å². The molecule has 0 aliphatic carbocycles.